The maximum Gasteiger partial charge on any atom is 0.360 e. The monoisotopic (exact) mass is 231 g/mol. The Morgan fingerprint density at radius 2 is 2.07 bits per heavy atom. The molecule has 0 amide bonds. The van der Waals surface area contributed by atoms with Gasteiger partial charge in [0, 0.05) is 7.05 Å². The lowest BCUT2D eigenvalue weighted by Crippen LogP contribution is -2.11. The Morgan fingerprint density at radius 3 is 2.53 bits per heavy atom. The highest BCUT2D eigenvalue weighted by Crippen LogP contribution is 2.23. The van der Waals surface area contributed by atoms with Gasteiger partial charge in [-0.25, -0.2) is 9.78 Å². The van der Waals surface area contributed by atoms with Gasteiger partial charge in [-0.3, -0.25) is 0 Å². The van der Waals surface area contributed by atoms with E-state index in [2.05, 4.69) is 20.0 Å². The van der Waals surface area contributed by atoms with Crippen LogP contribution in [0.4, 0.5) is 5.82 Å². The molecule has 6 nitrogen and oxygen atoms in total. The molecule has 0 bridgehead atoms. The molecule has 82 valence electrons. The van der Waals surface area contributed by atoms with Gasteiger partial charge in [0.15, 0.2) is 16.7 Å². The second-order valence-corrected chi connectivity index (χ2v) is 2.82. The number of carbonyl (C=O) groups excluding carboxylic acids is 1. The molecule has 0 aliphatic heterocycles. The third-order valence-electron chi connectivity index (χ3n) is 1.63. The molecular weight excluding hydrogens is 222 g/mol. The minimum absolute atomic E-state index is 0.0289. The maximum atomic E-state index is 11.3. The molecule has 0 aromatic carbocycles. The van der Waals surface area contributed by atoms with Crippen LogP contribution in [-0.2, 0) is 4.74 Å². The third kappa shape index (κ3) is 2.27. The van der Waals surface area contributed by atoms with Crippen LogP contribution in [0.1, 0.15) is 10.5 Å². The van der Waals surface area contributed by atoms with Gasteiger partial charge < -0.3 is 14.8 Å². The predicted molar refractivity (Wildman–Crippen MR) is 54.5 cm³/mol. The lowest BCUT2D eigenvalue weighted by molar-refractivity contribution is 0.0594. The first kappa shape index (κ1) is 11.5. The fourth-order valence-electron chi connectivity index (χ4n) is 0.943. The van der Waals surface area contributed by atoms with Crippen LogP contribution in [-0.4, -0.2) is 37.2 Å². The number of methoxy groups -OCH3 is 2. The van der Waals surface area contributed by atoms with Crippen molar-refractivity contribution in [3.05, 3.63) is 10.8 Å². The van der Waals surface area contributed by atoms with Gasteiger partial charge in [0.2, 0.25) is 0 Å². The first-order valence-electron chi connectivity index (χ1n) is 4.01. The Hall–Kier alpha value is -1.56. The summed E-state index contributed by atoms with van der Waals surface area (Å²) in [5.41, 5.74) is 0.0289. The molecule has 0 atom stereocenters. The van der Waals surface area contributed by atoms with Gasteiger partial charge in [-0.15, -0.1) is 0 Å². The summed E-state index contributed by atoms with van der Waals surface area (Å²) in [5, 5.41) is 2.77. The first-order valence-corrected chi connectivity index (χ1v) is 4.39. The van der Waals surface area contributed by atoms with E-state index in [1.807, 2.05) is 0 Å². The van der Waals surface area contributed by atoms with Crippen molar-refractivity contribution in [2.45, 2.75) is 0 Å². The van der Waals surface area contributed by atoms with Crippen molar-refractivity contribution in [2.24, 2.45) is 0 Å². The van der Waals surface area contributed by atoms with E-state index in [0.29, 0.717) is 0 Å². The van der Waals surface area contributed by atoms with Crippen LogP contribution in [0, 0.1) is 0 Å². The molecule has 0 radical (unpaired) electrons. The second kappa shape index (κ2) is 4.79. The zero-order valence-electron chi connectivity index (χ0n) is 8.50. The van der Waals surface area contributed by atoms with Crippen molar-refractivity contribution in [3.63, 3.8) is 0 Å². The standard InChI is InChI=1S/C8H10ClN3O3/c1-10-6-4(8(13)15-3)11-7(14-2)5(9)12-6/h1-3H3,(H,10,12). The number of hydrogen-bond acceptors (Lipinski definition) is 6. The van der Waals surface area contributed by atoms with Gasteiger partial charge in [-0.2, -0.15) is 4.98 Å². The number of hydrogen-bond donors (Lipinski definition) is 1. The predicted octanol–water partition coefficient (Wildman–Crippen LogP) is 0.967. The Morgan fingerprint density at radius 1 is 1.40 bits per heavy atom. The molecule has 1 rings (SSSR count). The van der Waals surface area contributed by atoms with Crippen molar-refractivity contribution >= 4 is 23.4 Å². The van der Waals surface area contributed by atoms with E-state index >= 15 is 0 Å². The number of halogens is 1. The minimum Gasteiger partial charge on any atom is -0.479 e. The zero-order chi connectivity index (χ0) is 11.4. The number of ether oxygens (including phenoxy) is 2. The fraction of sp³-hybridized carbons (Fsp3) is 0.375. The van der Waals surface area contributed by atoms with Crippen LogP contribution in [0.2, 0.25) is 5.15 Å². The average molecular weight is 232 g/mol. The number of esters is 1. The molecule has 1 aromatic rings. The highest BCUT2D eigenvalue weighted by Gasteiger charge is 2.18. The zero-order valence-corrected chi connectivity index (χ0v) is 9.25. The summed E-state index contributed by atoms with van der Waals surface area (Å²) in [6.07, 6.45) is 0. The maximum absolute atomic E-state index is 11.3. The molecule has 7 heteroatoms. The molecular formula is C8H10ClN3O3. The molecule has 0 aliphatic rings. The number of anilines is 1. The van der Waals surface area contributed by atoms with Gasteiger partial charge in [0.05, 0.1) is 14.2 Å². The van der Waals surface area contributed by atoms with E-state index in [4.69, 9.17) is 16.3 Å². The highest BCUT2D eigenvalue weighted by atomic mass is 35.5. The van der Waals surface area contributed by atoms with Crippen molar-refractivity contribution in [3.8, 4) is 5.88 Å². The van der Waals surface area contributed by atoms with Crippen LogP contribution in [0.15, 0.2) is 0 Å². The summed E-state index contributed by atoms with van der Waals surface area (Å²) in [7, 11) is 4.24. The van der Waals surface area contributed by atoms with Crippen molar-refractivity contribution in [1.82, 2.24) is 9.97 Å². The normalized spacial score (nSPS) is 9.60. The largest absolute Gasteiger partial charge is 0.479 e. The van der Waals surface area contributed by atoms with Gasteiger partial charge in [0.1, 0.15) is 0 Å². The molecule has 15 heavy (non-hydrogen) atoms. The number of carbonyl (C=O) groups is 1. The highest BCUT2D eigenvalue weighted by molar-refractivity contribution is 6.30. The van der Waals surface area contributed by atoms with Gasteiger partial charge in [0.25, 0.3) is 5.88 Å². The molecule has 0 unspecified atom stereocenters. The molecule has 0 saturated carbocycles. The number of rotatable bonds is 3. The SMILES string of the molecule is CNc1nc(Cl)c(OC)nc1C(=O)OC. The van der Waals surface area contributed by atoms with Crippen molar-refractivity contribution < 1.29 is 14.3 Å². The van der Waals surface area contributed by atoms with Crippen LogP contribution in [0.25, 0.3) is 0 Å². The minimum atomic E-state index is -0.609. The van der Waals surface area contributed by atoms with E-state index in [1.165, 1.54) is 14.2 Å². The van der Waals surface area contributed by atoms with Crippen LogP contribution in [0.3, 0.4) is 0 Å². The molecule has 0 fully saturated rings. The summed E-state index contributed by atoms with van der Waals surface area (Å²) < 4.78 is 9.38. The first-order chi connectivity index (χ1) is 7.13. The Kier molecular flexibility index (Phi) is 3.68. The second-order valence-electron chi connectivity index (χ2n) is 2.46. The molecule has 0 spiro atoms. The lowest BCUT2D eigenvalue weighted by Gasteiger charge is -2.08. The summed E-state index contributed by atoms with van der Waals surface area (Å²) in [5.74, 6) is -0.287. The van der Waals surface area contributed by atoms with E-state index in [1.54, 1.807) is 7.05 Å². The van der Waals surface area contributed by atoms with Gasteiger partial charge in [-0.1, -0.05) is 11.6 Å². The number of aromatic nitrogens is 2. The molecule has 1 N–H and O–H groups in total. The molecule has 1 aromatic heterocycles. The summed E-state index contributed by atoms with van der Waals surface area (Å²) in [4.78, 5) is 19.1. The number of nitrogens with zero attached hydrogens (tertiary/aromatic N) is 2. The smallest absolute Gasteiger partial charge is 0.360 e. The van der Waals surface area contributed by atoms with Gasteiger partial charge in [-0.05, 0) is 0 Å². The average Bonchev–Trinajstić information content (AvgIpc) is 2.27. The topological polar surface area (TPSA) is 73.3 Å². The van der Waals surface area contributed by atoms with E-state index in [0.717, 1.165) is 0 Å². The van der Waals surface area contributed by atoms with Crippen LogP contribution < -0.4 is 10.1 Å². The summed E-state index contributed by atoms with van der Waals surface area (Å²) >= 11 is 5.74. The van der Waals surface area contributed by atoms with Crippen molar-refractivity contribution in [2.75, 3.05) is 26.6 Å². The Balaban J connectivity index is 3.28. The lowest BCUT2D eigenvalue weighted by atomic mass is 10.4. The summed E-state index contributed by atoms with van der Waals surface area (Å²) in [6, 6.07) is 0. The Labute approximate surface area is 91.6 Å². The van der Waals surface area contributed by atoms with Crippen LogP contribution in [0.5, 0.6) is 5.88 Å². The third-order valence-corrected chi connectivity index (χ3v) is 1.88. The summed E-state index contributed by atoms with van der Waals surface area (Å²) in [6.45, 7) is 0. The van der Waals surface area contributed by atoms with E-state index < -0.39 is 5.97 Å². The number of nitrogens with one attached hydrogen (secondary N) is 1. The van der Waals surface area contributed by atoms with E-state index in [-0.39, 0.29) is 22.5 Å². The fourth-order valence-corrected chi connectivity index (χ4v) is 1.15. The van der Waals surface area contributed by atoms with E-state index in [9.17, 15) is 4.79 Å². The molecule has 1 heterocycles. The quantitative estimate of drug-likeness (QED) is 0.782. The van der Waals surface area contributed by atoms with Crippen molar-refractivity contribution in [1.29, 1.82) is 0 Å². The molecule has 0 aliphatic carbocycles. The Bertz CT molecular complexity index is 384. The van der Waals surface area contributed by atoms with Crippen LogP contribution >= 0.6 is 11.6 Å². The molecule has 0 saturated heterocycles. The van der Waals surface area contributed by atoms with Gasteiger partial charge >= 0.3 is 5.97 Å².